The molecule has 0 aliphatic carbocycles. The molecule has 3 rings (SSSR count). The van der Waals surface area contributed by atoms with Crippen LogP contribution < -0.4 is 4.74 Å². The van der Waals surface area contributed by atoms with Gasteiger partial charge in [0.25, 0.3) is 0 Å². The average molecular weight is 365 g/mol. The van der Waals surface area contributed by atoms with Gasteiger partial charge in [0.1, 0.15) is 18.5 Å². The van der Waals surface area contributed by atoms with E-state index in [-0.39, 0.29) is 6.61 Å². The Kier molecular flexibility index (Phi) is 6.63. The zero-order valence-corrected chi connectivity index (χ0v) is 16.0. The maximum atomic E-state index is 10.2. The standard InChI is InChI=1S/C22H27N3O2/c1-18-20(13-23-25(18)14-19-9-5-3-6-10-19)15-24(2)16-21(26)17-27-22-11-7-4-8-12-22/h3-13,21,26H,14-17H2,1-2H3. The fraction of sp³-hybridized carbons (Fsp3) is 0.318. The molecule has 5 heteroatoms. The smallest absolute Gasteiger partial charge is 0.119 e. The summed E-state index contributed by atoms with van der Waals surface area (Å²) in [6, 6.07) is 19.9. The van der Waals surface area contributed by atoms with E-state index in [2.05, 4.69) is 29.1 Å². The van der Waals surface area contributed by atoms with Gasteiger partial charge in [-0.15, -0.1) is 0 Å². The summed E-state index contributed by atoms with van der Waals surface area (Å²) in [5.41, 5.74) is 3.56. The highest BCUT2D eigenvalue weighted by atomic mass is 16.5. The summed E-state index contributed by atoms with van der Waals surface area (Å²) < 4.78 is 7.64. The molecule has 142 valence electrons. The second kappa shape index (κ2) is 9.35. The molecule has 0 saturated carbocycles. The molecule has 0 fully saturated rings. The van der Waals surface area contributed by atoms with E-state index in [9.17, 15) is 5.11 Å². The predicted octanol–water partition coefficient (Wildman–Crippen LogP) is 3.11. The number of hydrogen-bond acceptors (Lipinski definition) is 4. The minimum absolute atomic E-state index is 0.278. The van der Waals surface area contributed by atoms with E-state index >= 15 is 0 Å². The molecule has 0 aliphatic rings. The first-order valence-corrected chi connectivity index (χ1v) is 9.21. The summed E-state index contributed by atoms with van der Waals surface area (Å²) in [6.45, 7) is 4.41. The third kappa shape index (κ3) is 5.67. The van der Waals surface area contributed by atoms with E-state index in [4.69, 9.17) is 4.74 Å². The highest BCUT2D eigenvalue weighted by molar-refractivity contribution is 5.21. The zero-order valence-electron chi connectivity index (χ0n) is 16.0. The summed E-state index contributed by atoms with van der Waals surface area (Å²) in [5, 5.41) is 14.8. The normalized spacial score (nSPS) is 12.3. The van der Waals surface area contributed by atoms with Crippen molar-refractivity contribution < 1.29 is 9.84 Å². The van der Waals surface area contributed by atoms with Crippen LogP contribution in [0.4, 0.5) is 0 Å². The molecule has 0 spiro atoms. The molecule has 3 aromatic rings. The fourth-order valence-corrected chi connectivity index (χ4v) is 3.03. The van der Waals surface area contributed by atoms with Gasteiger partial charge < -0.3 is 9.84 Å². The van der Waals surface area contributed by atoms with E-state index < -0.39 is 6.10 Å². The van der Waals surface area contributed by atoms with Gasteiger partial charge in [0.15, 0.2) is 0 Å². The number of aliphatic hydroxyl groups excluding tert-OH is 1. The average Bonchev–Trinajstić information content (AvgIpc) is 3.01. The van der Waals surface area contributed by atoms with Gasteiger partial charge >= 0.3 is 0 Å². The molecule has 0 bridgehead atoms. The van der Waals surface area contributed by atoms with E-state index in [0.717, 1.165) is 24.5 Å². The molecule has 1 unspecified atom stereocenters. The van der Waals surface area contributed by atoms with Crippen molar-refractivity contribution in [2.75, 3.05) is 20.2 Å². The van der Waals surface area contributed by atoms with E-state index in [0.29, 0.717) is 6.54 Å². The van der Waals surface area contributed by atoms with Crippen molar-refractivity contribution in [2.24, 2.45) is 0 Å². The number of benzene rings is 2. The first-order chi connectivity index (χ1) is 13.1. The van der Waals surface area contributed by atoms with Crippen molar-refractivity contribution in [1.29, 1.82) is 0 Å². The van der Waals surface area contributed by atoms with Crippen LogP contribution >= 0.6 is 0 Å². The Hall–Kier alpha value is -2.63. The van der Waals surface area contributed by atoms with Crippen LogP contribution in [0.2, 0.25) is 0 Å². The summed E-state index contributed by atoms with van der Waals surface area (Å²) in [7, 11) is 2.00. The molecule has 1 N–H and O–H groups in total. The molecule has 1 atom stereocenters. The van der Waals surface area contributed by atoms with Crippen LogP contribution in [0.3, 0.4) is 0 Å². The Morgan fingerprint density at radius 2 is 1.74 bits per heavy atom. The number of rotatable bonds is 9. The Balaban J connectivity index is 1.49. The van der Waals surface area contributed by atoms with Gasteiger partial charge in [0.2, 0.25) is 0 Å². The second-order valence-electron chi connectivity index (χ2n) is 6.87. The van der Waals surface area contributed by atoms with Crippen LogP contribution in [-0.4, -0.2) is 46.1 Å². The van der Waals surface area contributed by atoms with Crippen molar-refractivity contribution in [3.05, 3.63) is 83.7 Å². The molecule has 1 aromatic heterocycles. The van der Waals surface area contributed by atoms with Gasteiger partial charge in [-0.25, -0.2) is 0 Å². The highest BCUT2D eigenvalue weighted by Crippen LogP contribution is 2.13. The van der Waals surface area contributed by atoms with Crippen LogP contribution in [-0.2, 0) is 13.1 Å². The Labute approximate surface area is 160 Å². The molecule has 0 saturated heterocycles. The summed E-state index contributed by atoms with van der Waals surface area (Å²) in [5.74, 6) is 0.775. The topological polar surface area (TPSA) is 50.5 Å². The first kappa shape index (κ1) is 19.1. The third-order valence-electron chi connectivity index (χ3n) is 4.53. The van der Waals surface area contributed by atoms with E-state index in [1.165, 1.54) is 11.1 Å². The Bertz CT molecular complexity index is 818. The van der Waals surface area contributed by atoms with Gasteiger partial charge in [0, 0.05) is 24.3 Å². The van der Waals surface area contributed by atoms with Gasteiger partial charge in [-0.2, -0.15) is 5.10 Å². The molecule has 0 amide bonds. The SMILES string of the molecule is Cc1c(CN(C)CC(O)COc2ccccc2)cnn1Cc1ccccc1. The lowest BCUT2D eigenvalue weighted by Gasteiger charge is -2.20. The molecule has 0 radical (unpaired) electrons. The maximum Gasteiger partial charge on any atom is 0.119 e. The number of nitrogens with zero attached hydrogens (tertiary/aromatic N) is 3. The van der Waals surface area contributed by atoms with E-state index in [1.54, 1.807) is 0 Å². The fourth-order valence-electron chi connectivity index (χ4n) is 3.03. The van der Waals surface area contributed by atoms with Gasteiger partial charge in [0.05, 0.1) is 12.7 Å². The lowest BCUT2D eigenvalue weighted by Crippen LogP contribution is -2.32. The largest absolute Gasteiger partial charge is 0.491 e. The predicted molar refractivity (Wildman–Crippen MR) is 107 cm³/mol. The number of para-hydroxylation sites is 1. The number of likely N-dealkylation sites (N-methyl/N-ethyl adjacent to an activating group) is 1. The summed E-state index contributed by atoms with van der Waals surface area (Å²) >= 11 is 0. The molecular formula is C22H27N3O2. The van der Waals surface area contributed by atoms with Gasteiger partial charge in [-0.3, -0.25) is 9.58 Å². The quantitative estimate of drug-likeness (QED) is 0.633. The molecule has 27 heavy (non-hydrogen) atoms. The van der Waals surface area contributed by atoms with Crippen molar-refractivity contribution >= 4 is 0 Å². The van der Waals surface area contributed by atoms with Crippen LogP contribution in [0.1, 0.15) is 16.8 Å². The number of aromatic nitrogens is 2. The maximum absolute atomic E-state index is 10.2. The molecule has 1 heterocycles. The van der Waals surface area contributed by atoms with E-state index in [1.807, 2.05) is 66.5 Å². The Morgan fingerprint density at radius 1 is 1.07 bits per heavy atom. The molecular weight excluding hydrogens is 338 g/mol. The first-order valence-electron chi connectivity index (χ1n) is 9.21. The van der Waals surface area contributed by atoms with Crippen LogP contribution in [0.25, 0.3) is 0 Å². The van der Waals surface area contributed by atoms with Crippen LogP contribution in [0.15, 0.2) is 66.9 Å². The van der Waals surface area contributed by atoms with Gasteiger partial charge in [-0.1, -0.05) is 48.5 Å². The minimum atomic E-state index is -0.546. The van der Waals surface area contributed by atoms with Crippen molar-refractivity contribution in [3.8, 4) is 5.75 Å². The summed E-state index contributed by atoms with van der Waals surface area (Å²) in [4.78, 5) is 2.09. The molecule has 5 nitrogen and oxygen atoms in total. The molecule has 2 aromatic carbocycles. The lowest BCUT2D eigenvalue weighted by atomic mass is 10.2. The van der Waals surface area contributed by atoms with Crippen LogP contribution in [0, 0.1) is 6.92 Å². The number of aliphatic hydroxyl groups is 1. The van der Waals surface area contributed by atoms with Crippen molar-refractivity contribution in [1.82, 2.24) is 14.7 Å². The van der Waals surface area contributed by atoms with Crippen LogP contribution in [0.5, 0.6) is 5.75 Å². The monoisotopic (exact) mass is 365 g/mol. The third-order valence-corrected chi connectivity index (χ3v) is 4.53. The molecule has 0 aliphatic heterocycles. The second-order valence-corrected chi connectivity index (χ2v) is 6.87. The van der Waals surface area contributed by atoms with Gasteiger partial charge in [-0.05, 0) is 31.7 Å². The minimum Gasteiger partial charge on any atom is -0.491 e. The summed E-state index contributed by atoms with van der Waals surface area (Å²) in [6.07, 6.45) is 1.37. The Morgan fingerprint density at radius 3 is 2.44 bits per heavy atom. The van der Waals surface area contributed by atoms with Crippen molar-refractivity contribution in [3.63, 3.8) is 0 Å². The number of ether oxygens (including phenoxy) is 1. The number of hydrogen-bond donors (Lipinski definition) is 1. The highest BCUT2D eigenvalue weighted by Gasteiger charge is 2.13. The van der Waals surface area contributed by atoms with Crippen molar-refractivity contribution in [2.45, 2.75) is 26.1 Å². The zero-order chi connectivity index (χ0) is 19.1. The lowest BCUT2D eigenvalue weighted by molar-refractivity contribution is 0.0743.